The van der Waals surface area contributed by atoms with E-state index in [-0.39, 0.29) is 17.7 Å². The van der Waals surface area contributed by atoms with Crippen molar-refractivity contribution in [2.45, 2.75) is 84.6 Å². The molecular weight excluding hydrogens is 268 g/mol. The molecule has 1 aromatic rings. The minimum atomic E-state index is -0.0197. The number of aromatic nitrogens is 1. The quantitative estimate of drug-likeness (QED) is 0.918. The zero-order valence-electron chi connectivity index (χ0n) is 13.6. The Kier molecular flexibility index (Phi) is 4.88. The number of nitrogens with one attached hydrogen (secondary N) is 1. The molecule has 0 spiro atoms. The molecule has 0 aliphatic carbocycles. The molecule has 1 aliphatic rings. The summed E-state index contributed by atoms with van der Waals surface area (Å²) in [5, 5.41) is 5.06. The van der Waals surface area contributed by atoms with Crippen LogP contribution in [0.5, 0.6) is 0 Å². The molecule has 3 nitrogen and oxygen atoms in total. The van der Waals surface area contributed by atoms with Crippen molar-refractivity contribution in [1.29, 1.82) is 0 Å². The van der Waals surface area contributed by atoms with E-state index in [9.17, 15) is 0 Å². The normalized spacial score (nSPS) is 30.9. The van der Waals surface area contributed by atoms with E-state index in [0.29, 0.717) is 6.04 Å². The van der Waals surface area contributed by atoms with E-state index >= 15 is 0 Å². The standard InChI is InChI=1S/C16H28N2OS/c1-7-14-13(6)20-15(17-14)16(18-10(2)3)8-11(4)19-12(5)9-16/h10-12,18H,7-9H2,1-6H3. The van der Waals surface area contributed by atoms with Crippen LogP contribution in [-0.2, 0) is 16.7 Å². The Balaban J connectivity index is 2.39. The third-order valence-electron chi connectivity index (χ3n) is 3.94. The largest absolute Gasteiger partial charge is 0.375 e. The van der Waals surface area contributed by atoms with Crippen molar-refractivity contribution in [2.24, 2.45) is 0 Å². The van der Waals surface area contributed by atoms with Crippen molar-refractivity contribution in [3.63, 3.8) is 0 Å². The maximum atomic E-state index is 5.94. The van der Waals surface area contributed by atoms with Gasteiger partial charge in [0.1, 0.15) is 5.01 Å². The van der Waals surface area contributed by atoms with Gasteiger partial charge in [-0.05, 0) is 53.9 Å². The van der Waals surface area contributed by atoms with Gasteiger partial charge in [0.05, 0.1) is 23.4 Å². The van der Waals surface area contributed by atoms with Crippen LogP contribution in [0.3, 0.4) is 0 Å². The van der Waals surface area contributed by atoms with Crippen LogP contribution < -0.4 is 5.32 Å². The predicted octanol–water partition coefficient (Wildman–Crippen LogP) is 3.79. The summed E-state index contributed by atoms with van der Waals surface area (Å²) in [5.41, 5.74) is 1.23. The molecule has 1 aliphatic heterocycles. The minimum absolute atomic E-state index is 0.0197. The van der Waals surface area contributed by atoms with E-state index in [1.54, 1.807) is 0 Å². The molecule has 2 atom stereocenters. The van der Waals surface area contributed by atoms with E-state index in [4.69, 9.17) is 9.72 Å². The van der Waals surface area contributed by atoms with Gasteiger partial charge in [0.2, 0.25) is 0 Å². The van der Waals surface area contributed by atoms with Crippen LogP contribution in [0.25, 0.3) is 0 Å². The average Bonchev–Trinajstić information content (AvgIpc) is 2.68. The highest BCUT2D eigenvalue weighted by Gasteiger charge is 2.42. The van der Waals surface area contributed by atoms with Gasteiger partial charge in [-0.1, -0.05) is 6.92 Å². The maximum Gasteiger partial charge on any atom is 0.113 e. The Hall–Kier alpha value is -0.450. The molecular formula is C16H28N2OS. The van der Waals surface area contributed by atoms with Crippen LogP contribution in [-0.4, -0.2) is 23.2 Å². The molecule has 0 radical (unpaired) electrons. The first kappa shape index (κ1) is 15.9. The van der Waals surface area contributed by atoms with Gasteiger partial charge in [0.25, 0.3) is 0 Å². The van der Waals surface area contributed by atoms with Crippen molar-refractivity contribution >= 4 is 11.3 Å². The second-order valence-electron chi connectivity index (χ2n) is 6.42. The third kappa shape index (κ3) is 3.23. The van der Waals surface area contributed by atoms with Crippen LogP contribution in [0.4, 0.5) is 0 Å². The first-order valence-electron chi connectivity index (χ1n) is 7.76. The number of hydrogen-bond donors (Lipinski definition) is 1. The average molecular weight is 296 g/mol. The number of thiazole rings is 1. The Morgan fingerprint density at radius 2 is 1.95 bits per heavy atom. The fourth-order valence-electron chi connectivity index (χ4n) is 3.43. The highest BCUT2D eigenvalue weighted by molar-refractivity contribution is 7.11. The summed E-state index contributed by atoms with van der Waals surface area (Å²) in [6, 6.07) is 0.446. The summed E-state index contributed by atoms with van der Waals surface area (Å²) in [6.07, 6.45) is 3.58. The topological polar surface area (TPSA) is 34.2 Å². The molecule has 1 aromatic heterocycles. The second kappa shape index (κ2) is 6.12. The van der Waals surface area contributed by atoms with Crippen LogP contribution in [0.1, 0.15) is 63.0 Å². The Morgan fingerprint density at radius 1 is 1.35 bits per heavy atom. The number of aryl methyl sites for hydroxylation is 2. The molecule has 2 rings (SSSR count). The van der Waals surface area contributed by atoms with E-state index in [2.05, 4.69) is 46.9 Å². The molecule has 20 heavy (non-hydrogen) atoms. The van der Waals surface area contributed by atoms with Gasteiger partial charge < -0.3 is 10.1 Å². The highest BCUT2D eigenvalue weighted by Crippen LogP contribution is 2.40. The Morgan fingerprint density at radius 3 is 2.40 bits per heavy atom. The van der Waals surface area contributed by atoms with E-state index < -0.39 is 0 Å². The highest BCUT2D eigenvalue weighted by atomic mass is 32.1. The fourth-order valence-corrected chi connectivity index (χ4v) is 4.60. The van der Waals surface area contributed by atoms with Crippen LogP contribution >= 0.6 is 11.3 Å². The molecule has 4 heteroatoms. The summed E-state index contributed by atoms with van der Waals surface area (Å²) in [7, 11) is 0. The van der Waals surface area contributed by atoms with Gasteiger partial charge >= 0.3 is 0 Å². The molecule has 0 saturated carbocycles. The third-order valence-corrected chi connectivity index (χ3v) is 5.16. The molecule has 0 bridgehead atoms. The van der Waals surface area contributed by atoms with Gasteiger partial charge in [0, 0.05) is 10.9 Å². The molecule has 0 aromatic carbocycles. The van der Waals surface area contributed by atoms with Crippen molar-refractivity contribution < 1.29 is 4.74 Å². The lowest BCUT2D eigenvalue weighted by atomic mass is 9.84. The van der Waals surface area contributed by atoms with E-state index in [1.165, 1.54) is 15.6 Å². The number of nitrogens with zero attached hydrogens (tertiary/aromatic N) is 1. The smallest absolute Gasteiger partial charge is 0.113 e. The van der Waals surface area contributed by atoms with Gasteiger partial charge in [-0.3, -0.25) is 0 Å². The molecule has 2 heterocycles. The molecule has 0 amide bonds. The minimum Gasteiger partial charge on any atom is -0.375 e. The van der Waals surface area contributed by atoms with Crippen molar-refractivity contribution in [2.75, 3.05) is 0 Å². The molecule has 1 N–H and O–H groups in total. The molecule has 114 valence electrons. The Labute approximate surface area is 127 Å². The van der Waals surface area contributed by atoms with Crippen LogP contribution in [0.15, 0.2) is 0 Å². The van der Waals surface area contributed by atoms with Crippen molar-refractivity contribution in [3.8, 4) is 0 Å². The monoisotopic (exact) mass is 296 g/mol. The summed E-state index contributed by atoms with van der Waals surface area (Å²) >= 11 is 1.86. The number of ether oxygens (including phenoxy) is 1. The fraction of sp³-hybridized carbons (Fsp3) is 0.812. The summed E-state index contributed by atoms with van der Waals surface area (Å²) in [4.78, 5) is 6.31. The zero-order chi connectivity index (χ0) is 14.9. The zero-order valence-corrected chi connectivity index (χ0v) is 14.4. The van der Waals surface area contributed by atoms with Crippen molar-refractivity contribution in [3.05, 3.63) is 15.6 Å². The molecule has 2 unspecified atom stereocenters. The van der Waals surface area contributed by atoms with Gasteiger partial charge in [-0.25, -0.2) is 4.98 Å². The maximum absolute atomic E-state index is 5.94. The Bertz CT molecular complexity index is 440. The second-order valence-corrected chi connectivity index (χ2v) is 7.63. The first-order chi connectivity index (χ1) is 9.36. The van der Waals surface area contributed by atoms with E-state index in [1.807, 2.05) is 11.3 Å². The first-order valence-corrected chi connectivity index (χ1v) is 8.58. The van der Waals surface area contributed by atoms with E-state index in [0.717, 1.165) is 19.3 Å². The van der Waals surface area contributed by atoms with Crippen LogP contribution in [0.2, 0.25) is 0 Å². The predicted molar refractivity (Wildman–Crippen MR) is 85.4 cm³/mol. The van der Waals surface area contributed by atoms with Crippen molar-refractivity contribution in [1.82, 2.24) is 10.3 Å². The molecule has 1 saturated heterocycles. The SMILES string of the molecule is CCc1nc(C2(NC(C)C)CC(C)OC(C)C2)sc1C. The lowest BCUT2D eigenvalue weighted by Crippen LogP contribution is -2.53. The molecule has 1 fully saturated rings. The number of rotatable bonds is 4. The van der Waals surface area contributed by atoms with Gasteiger partial charge in [0.15, 0.2) is 0 Å². The van der Waals surface area contributed by atoms with Crippen LogP contribution in [0, 0.1) is 6.92 Å². The van der Waals surface area contributed by atoms with Gasteiger partial charge in [-0.2, -0.15) is 0 Å². The number of hydrogen-bond acceptors (Lipinski definition) is 4. The lowest BCUT2D eigenvalue weighted by Gasteiger charge is -2.43. The van der Waals surface area contributed by atoms with Gasteiger partial charge in [-0.15, -0.1) is 11.3 Å². The summed E-state index contributed by atoms with van der Waals surface area (Å²) in [5.74, 6) is 0. The summed E-state index contributed by atoms with van der Waals surface area (Å²) < 4.78 is 5.94. The summed E-state index contributed by atoms with van der Waals surface area (Å²) in [6.45, 7) is 13.2. The lowest BCUT2D eigenvalue weighted by molar-refractivity contribution is -0.0730.